The molecule has 0 amide bonds. The van der Waals surface area contributed by atoms with Crippen LogP contribution in [0.2, 0.25) is 0 Å². The second kappa shape index (κ2) is 15.9. The van der Waals surface area contributed by atoms with Crippen molar-refractivity contribution in [3.63, 3.8) is 0 Å². The highest BCUT2D eigenvalue weighted by atomic mass is 16.1. The van der Waals surface area contributed by atoms with Gasteiger partial charge in [-0.1, -0.05) is 91.2 Å². The molecule has 0 N–H and O–H groups in total. The topological polar surface area (TPSA) is 17.1 Å². The third-order valence-electron chi connectivity index (χ3n) is 5.30. The number of carbonyl (C=O) groups is 1. The number of Topliss-reactive ketones (excluding diaryl/α,β-unsaturated/α-hetero) is 1. The van der Waals surface area contributed by atoms with E-state index in [4.69, 9.17) is 0 Å². The van der Waals surface area contributed by atoms with Crippen molar-refractivity contribution >= 4 is 5.78 Å². The molecule has 0 aromatic rings. The molecule has 142 valence electrons. The molecule has 0 aliphatic heterocycles. The molecule has 0 aromatic heterocycles. The maximum atomic E-state index is 12.0. The lowest BCUT2D eigenvalue weighted by Crippen LogP contribution is -2.22. The van der Waals surface area contributed by atoms with Gasteiger partial charge in [-0.25, -0.2) is 0 Å². The first-order valence-electron chi connectivity index (χ1n) is 10.7. The van der Waals surface area contributed by atoms with E-state index in [1.54, 1.807) is 0 Å². The van der Waals surface area contributed by atoms with Crippen LogP contribution in [0.3, 0.4) is 0 Å². The minimum absolute atomic E-state index is 0.110. The Bertz CT molecular complexity index is 314. The van der Waals surface area contributed by atoms with Crippen molar-refractivity contribution in [2.45, 2.75) is 124 Å². The van der Waals surface area contributed by atoms with Crippen LogP contribution in [0.25, 0.3) is 0 Å². The van der Waals surface area contributed by atoms with Crippen LogP contribution in [-0.4, -0.2) is 5.78 Å². The van der Waals surface area contributed by atoms with E-state index in [9.17, 15) is 4.79 Å². The van der Waals surface area contributed by atoms with Crippen molar-refractivity contribution in [2.24, 2.45) is 5.41 Å². The standard InChI is InChI=1S/C23H44O/c1-5-7-8-9-10-11-12-13-14-15-16-17-18-19-20-21-22(24)23(3,4)6-2/h13-14H,5-12,15-21H2,1-4H3/b14-13-. The van der Waals surface area contributed by atoms with Gasteiger partial charge >= 0.3 is 0 Å². The lowest BCUT2D eigenvalue weighted by atomic mass is 9.83. The van der Waals surface area contributed by atoms with Crippen LogP contribution in [0.1, 0.15) is 124 Å². The van der Waals surface area contributed by atoms with Crippen molar-refractivity contribution in [2.75, 3.05) is 0 Å². The zero-order valence-electron chi connectivity index (χ0n) is 17.2. The second-order valence-corrected chi connectivity index (χ2v) is 7.99. The first-order valence-corrected chi connectivity index (χ1v) is 10.7. The molecule has 0 saturated carbocycles. The van der Waals surface area contributed by atoms with E-state index in [1.807, 2.05) is 0 Å². The number of carbonyl (C=O) groups excluding carboxylic acids is 1. The summed E-state index contributed by atoms with van der Waals surface area (Å²) in [6, 6.07) is 0. The first kappa shape index (κ1) is 23.4. The number of allylic oxidation sites excluding steroid dienone is 2. The quantitative estimate of drug-likeness (QED) is 0.194. The second-order valence-electron chi connectivity index (χ2n) is 7.99. The summed E-state index contributed by atoms with van der Waals surface area (Å²) < 4.78 is 0. The summed E-state index contributed by atoms with van der Waals surface area (Å²) in [6.07, 6.45) is 23.5. The molecule has 24 heavy (non-hydrogen) atoms. The Morgan fingerprint density at radius 2 is 1.17 bits per heavy atom. The first-order chi connectivity index (χ1) is 11.5. The van der Waals surface area contributed by atoms with Gasteiger partial charge in [0.2, 0.25) is 0 Å². The zero-order valence-corrected chi connectivity index (χ0v) is 17.2. The monoisotopic (exact) mass is 336 g/mol. The van der Waals surface area contributed by atoms with Gasteiger partial charge in [-0.2, -0.15) is 0 Å². The van der Waals surface area contributed by atoms with E-state index in [0.717, 1.165) is 19.3 Å². The summed E-state index contributed by atoms with van der Waals surface area (Å²) in [5.41, 5.74) is -0.110. The molecular weight excluding hydrogens is 292 g/mol. The van der Waals surface area contributed by atoms with Gasteiger partial charge < -0.3 is 0 Å². The van der Waals surface area contributed by atoms with Gasteiger partial charge in [0.15, 0.2) is 0 Å². The SMILES string of the molecule is CCCCCCCC/C=C\CCCCCCCC(=O)C(C)(C)CC. The molecule has 1 nitrogen and oxygen atoms in total. The molecule has 0 aliphatic rings. The van der Waals surface area contributed by atoms with Gasteiger partial charge in [-0.3, -0.25) is 4.79 Å². The predicted octanol–water partition coefficient (Wildman–Crippen LogP) is 8.03. The molecule has 0 rings (SSSR count). The van der Waals surface area contributed by atoms with Crippen LogP contribution in [0.15, 0.2) is 12.2 Å². The molecule has 0 aromatic carbocycles. The smallest absolute Gasteiger partial charge is 0.138 e. The molecule has 0 spiro atoms. The Morgan fingerprint density at radius 3 is 1.67 bits per heavy atom. The summed E-state index contributed by atoms with van der Waals surface area (Å²) >= 11 is 0. The van der Waals surface area contributed by atoms with Gasteiger partial charge in [-0.05, 0) is 38.5 Å². The van der Waals surface area contributed by atoms with Crippen LogP contribution in [0, 0.1) is 5.41 Å². The maximum Gasteiger partial charge on any atom is 0.138 e. The third kappa shape index (κ3) is 13.8. The highest BCUT2D eigenvalue weighted by Crippen LogP contribution is 2.24. The number of ketones is 1. The molecule has 0 heterocycles. The summed E-state index contributed by atoms with van der Waals surface area (Å²) in [5.74, 6) is 0.447. The summed E-state index contributed by atoms with van der Waals surface area (Å²) in [5, 5.41) is 0. The van der Waals surface area contributed by atoms with Crippen molar-refractivity contribution in [3.05, 3.63) is 12.2 Å². The Hall–Kier alpha value is -0.590. The maximum absolute atomic E-state index is 12.0. The summed E-state index contributed by atoms with van der Waals surface area (Å²) in [4.78, 5) is 12.0. The van der Waals surface area contributed by atoms with Crippen LogP contribution < -0.4 is 0 Å². The minimum Gasteiger partial charge on any atom is -0.299 e. The van der Waals surface area contributed by atoms with E-state index >= 15 is 0 Å². The van der Waals surface area contributed by atoms with E-state index in [1.165, 1.54) is 77.0 Å². The fourth-order valence-corrected chi connectivity index (χ4v) is 2.89. The van der Waals surface area contributed by atoms with Crippen molar-refractivity contribution < 1.29 is 4.79 Å². The van der Waals surface area contributed by atoms with Crippen LogP contribution in [-0.2, 0) is 4.79 Å². The van der Waals surface area contributed by atoms with Crippen LogP contribution >= 0.6 is 0 Å². The minimum atomic E-state index is -0.110. The molecule has 0 fully saturated rings. The molecule has 0 atom stereocenters. The van der Waals surface area contributed by atoms with Gasteiger partial charge in [0.1, 0.15) is 5.78 Å². The van der Waals surface area contributed by atoms with Crippen LogP contribution in [0.4, 0.5) is 0 Å². The lowest BCUT2D eigenvalue weighted by Gasteiger charge is -2.20. The number of hydrogen-bond donors (Lipinski definition) is 0. The molecule has 0 saturated heterocycles. The Kier molecular flexibility index (Phi) is 15.5. The fourth-order valence-electron chi connectivity index (χ4n) is 2.89. The Morgan fingerprint density at radius 1 is 0.708 bits per heavy atom. The highest BCUT2D eigenvalue weighted by molar-refractivity contribution is 5.83. The number of hydrogen-bond acceptors (Lipinski definition) is 1. The molecule has 0 bridgehead atoms. The predicted molar refractivity (Wildman–Crippen MR) is 109 cm³/mol. The van der Waals surface area contributed by atoms with Crippen molar-refractivity contribution in [1.82, 2.24) is 0 Å². The number of rotatable bonds is 17. The van der Waals surface area contributed by atoms with E-state index in [2.05, 4.69) is 39.8 Å². The average Bonchev–Trinajstić information content (AvgIpc) is 2.58. The Labute approximate surface area is 152 Å². The average molecular weight is 337 g/mol. The van der Waals surface area contributed by atoms with Gasteiger partial charge in [0, 0.05) is 11.8 Å². The highest BCUT2D eigenvalue weighted by Gasteiger charge is 2.23. The van der Waals surface area contributed by atoms with Gasteiger partial charge in [-0.15, -0.1) is 0 Å². The van der Waals surface area contributed by atoms with Crippen molar-refractivity contribution in [3.8, 4) is 0 Å². The van der Waals surface area contributed by atoms with E-state index < -0.39 is 0 Å². The zero-order chi connectivity index (χ0) is 18.1. The Balaban J connectivity index is 3.30. The lowest BCUT2D eigenvalue weighted by molar-refractivity contribution is -0.127. The molecule has 0 unspecified atom stereocenters. The summed E-state index contributed by atoms with van der Waals surface area (Å²) in [6.45, 7) is 8.53. The van der Waals surface area contributed by atoms with Crippen molar-refractivity contribution in [1.29, 1.82) is 0 Å². The number of unbranched alkanes of at least 4 members (excludes halogenated alkanes) is 11. The normalized spacial score (nSPS) is 12.2. The van der Waals surface area contributed by atoms with Gasteiger partial charge in [0.05, 0.1) is 0 Å². The van der Waals surface area contributed by atoms with E-state index in [0.29, 0.717) is 5.78 Å². The summed E-state index contributed by atoms with van der Waals surface area (Å²) in [7, 11) is 0. The van der Waals surface area contributed by atoms with Crippen LogP contribution in [0.5, 0.6) is 0 Å². The molecular formula is C23H44O. The molecule has 0 aliphatic carbocycles. The third-order valence-corrected chi connectivity index (χ3v) is 5.30. The largest absolute Gasteiger partial charge is 0.299 e. The molecule has 0 radical (unpaired) electrons. The fraction of sp³-hybridized carbons (Fsp3) is 0.870. The molecule has 1 heteroatoms. The van der Waals surface area contributed by atoms with Gasteiger partial charge in [0.25, 0.3) is 0 Å². The van der Waals surface area contributed by atoms with E-state index in [-0.39, 0.29) is 5.41 Å².